The molecule has 0 aliphatic carbocycles. The summed E-state index contributed by atoms with van der Waals surface area (Å²) in [5.74, 6) is -4.17. The van der Waals surface area contributed by atoms with Gasteiger partial charge in [0.25, 0.3) is 5.91 Å². The summed E-state index contributed by atoms with van der Waals surface area (Å²) in [6, 6.07) is 9.54. The van der Waals surface area contributed by atoms with Gasteiger partial charge in [0.15, 0.2) is 5.76 Å². The van der Waals surface area contributed by atoms with Crippen LogP contribution in [0.1, 0.15) is 16.1 Å². The number of nitrogens with one attached hydrogen (secondary N) is 1. The number of sulfone groups is 1. The largest absolute Gasteiger partial charge is 0.451 e. The van der Waals surface area contributed by atoms with Crippen molar-refractivity contribution in [1.29, 1.82) is 0 Å². The second-order valence-corrected chi connectivity index (χ2v) is 7.84. The number of aryl methyl sites for hydroxylation is 1. The van der Waals surface area contributed by atoms with Crippen molar-refractivity contribution < 1.29 is 26.4 Å². The Kier molecular flexibility index (Phi) is 4.72. The van der Waals surface area contributed by atoms with Crippen LogP contribution < -0.4 is 5.32 Å². The van der Waals surface area contributed by atoms with E-state index < -0.39 is 26.4 Å². The quantitative estimate of drug-likeness (QED) is 0.693. The molecule has 0 saturated carbocycles. The molecule has 1 aromatic heterocycles. The Morgan fingerprint density at radius 1 is 1.19 bits per heavy atom. The van der Waals surface area contributed by atoms with Gasteiger partial charge in [0, 0.05) is 21.7 Å². The standard InChI is InChI=1S/C17H12ClF2NO4S/c1-9-13-7-10(18)5-6-14(13)25-15(9)16(22)21-11-3-2-4-12(8-11)26(23,24)17(19)20/h2-8,17H,1H3,(H,21,22). The maximum absolute atomic E-state index is 12.7. The molecule has 0 aliphatic heterocycles. The van der Waals surface area contributed by atoms with Gasteiger partial charge in [-0.3, -0.25) is 4.79 Å². The van der Waals surface area contributed by atoms with E-state index in [1.165, 1.54) is 12.1 Å². The minimum Gasteiger partial charge on any atom is -0.451 e. The van der Waals surface area contributed by atoms with Gasteiger partial charge in [-0.2, -0.15) is 8.78 Å². The molecular weight excluding hydrogens is 388 g/mol. The predicted molar refractivity (Wildman–Crippen MR) is 93.5 cm³/mol. The maximum Gasteiger partial charge on any atom is 0.341 e. The zero-order chi connectivity index (χ0) is 19.1. The maximum atomic E-state index is 12.7. The summed E-state index contributed by atoms with van der Waals surface area (Å²) in [5.41, 5.74) is 1.07. The molecule has 0 saturated heterocycles. The van der Waals surface area contributed by atoms with Gasteiger partial charge in [-0.15, -0.1) is 0 Å². The summed E-state index contributed by atoms with van der Waals surface area (Å²) in [4.78, 5) is 11.9. The second kappa shape index (κ2) is 6.69. The van der Waals surface area contributed by atoms with Crippen molar-refractivity contribution in [1.82, 2.24) is 0 Å². The molecule has 3 aromatic rings. The predicted octanol–water partition coefficient (Wildman–Crippen LogP) is 4.64. The number of benzene rings is 2. The Morgan fingerprint density at radius 3 is 2.62 bits per heavy atom. The fourth-order valence-corrected chi connectivity index (χ4v) is 3.39. The lowest BCUT2D eigenvalue weighted by atomic mass is 10.1. The number of carbonyl (C=O) groups excluding carboxylic acids is 1. The highest BCUT2D eigenvalue weighted by molar-refractivity contribution is 7.91. The number of hydrogen-bond donors (Lipinski definition) is 1. The van der Waals surface area contributed by atoms with Crippen LogP contribution in [0.15, 0.2) is 51.8 Å². The van der Waals surface area contributed by atoms with Crippen LogP contribution in [-0.4, -0.2) is 20.1 Å². The molecule has 3 rings (SSSR count). The van der Waals surface area contributed by atoms with Gasteiger partial charge in [0.1, 0.15) is 5.58 Å². The van der Waals surface area contributed by atoms with Crippen LogP contribution in [-0.2, 0) is 9.84 Å². The van der Waals surface area contributed by atoms with Gasteiger partial charge in [0.2, 0.25) is 9.84 Å². The van der Waals surface area contributed by atoms with Crippen LogP contribution in [0.25, 0.3) is 11.0 Å². The number of furan rings is 1. The topological polar surface area (TPSA) is 76.4 Å². The first kappa shape index (κ1) is 18.3. The lowest BCUT2D eigenvalue weighted by Crippen LogP contribution is -2.14. The van der Waals surface area contributed by atoms with Gasteiger partial charge in [-0.25, -0.2) is 8.42 Å². The number of fused-ring (bicyclic) bond motifs is 1. The average Bonchev–Trinajstić information content (AvgIpc) is 2.91. The summed E-state index contributed by atoms with van der Waals surface area (Å²) < 4.78 is 53.9. The number of alkyl halides is 2. The minimum absolute atomic E-state index is 0.0180. The highest BCUT2D eigenvalue weighted by Crippen LogP contribution is 2.29. The van der Waals surface area contributed by atoms with Crippen LogP contribution in [0, 0.1) is 6.92 Å². The van der Waals surface area contributed by atoms with Crippen molar-refractivity contribution in [3.05, 3.63) is 58.8 Å². The van der Waals surface area contributed by atoms with E-state index in [0.717, 1.165) is 12.1 Å². The van der Waals surface area contributed by atoms with Gasteiger partial charge >= 0.3 is 5.76 Å². The number of halogens is 3. The molecule has 2 aromatic carbocycles. The molecule has 1 N–H and O–H groups in total. The van der Waals surface area contributed by atoms with Gasteiger partial charge in [-0.05, 0) is 43.3 Å². The van der Waals surface area contributed by atoms with E-state index in [1.54, 1.807) is 25.1 Å². The molecule has 5 nitrogen and oxygen atoms in total. The fraction of sp³-hybridized carbons (Fsp3) is 0.118. The van der Waals surface area contributed by atoms with Crippen LogP contribution >= 0.6 is 11.6 Å². The van der Waals surface area contributed by atoms with E-state index in [4.69, 9.17) is 16.0 Å². The second-order valence-electron chi connectivity index (χ2n) is 5.48. The molecule has 0 bridgehead atoms. The van der Waals surface area contributed by atoms with Crippen molar-refractivity contribution in [2.75, 3.05) is 5.32 Å². The molecule has 0 fully saturated rings. The van der Waals surface area contributed by atoms with Crippen molar-refractivity contribution >= 4 is 44.0 Å². The monoisotopic (exact) mass is 399 g/mol. The lowest BCUT2D eigenvalue weighted by Gasteiger charge is -2.07. The summed E-state index contributed by atoms with van der Waals surface area (Å²) >= 11 is 5.93. The molecule has 0 aliphatic rings. The smallest absolute Gasteiger partial charge is 0.341 e. The van der Waals surface area contributed by atoms with E-state index in [2.05, 4.69) is 5.32 Å². The molecular formula is C17H12ClF2NO4S. The molecule has 26 heavy (non-hydrogen) atoms. The van der Waals surface area contributed by atoms with Gasteiger partial charge in [-0.1, -0.05) is 17.7 Å². The summed E-state index contributed by atoms with van der Waals surface area (Å²) in [6.45, 7) is 1.68. The zero-order valence-corrected chi connectivity index (χ0v) is 14.9. The Morgan fingerprint density at radius 2 is 1.92 bits per heavy atom. The van der Waals surface area contributed by atoms with Gasteiger partial charge < -0.3 is 9.73 Å². The molecule has 0 atom stereocenters. The normalized spacial score (nSPS) is 11.9. The first-order valence-corrected chi connectivity index (χ1v) is 9.24. The number of anilines is 1. The van der Waals surface area contributed by atoms with E-state index in [9.17, 15) is 22.0 Å². The first-order valence-electron chi connectivity index (χ1n) is 7.32. The Bertz CT molecular complexity index is 1110. The zero-order valence-electron chi connectivity index (χ0n) is 13.3. The highest BCUT2D eigenvalue weighted by Gasteiger charge is 2.27. The SMILES string of the molecule is Cc1c(C(=O)Nc2cccc(S(=O)(=O)C(F)F)c2)oc2ccc(Cl)cc12. The number of rotatable bonds is 4. The Balaban J connectivity index is 1.93. The Labute approximate surface area is 152 Å². The fourth-order valence-electron chi connectivity index (χ4n) is 2.45. The van der Waals surface area contributed by atoms with Gasteiger partial charge in [0.05, 0.1) is 4.90 Å². The summed E-state index contributed by atoms with van der Waals surface area (Å²) in [7, 11) is -4.76. The van der Waals surface area contributed by atoms with Crippen molar-refractivity contribution in [2.24, 2.45) is 0 Å². The van der Waals surface area contributed by atoms with E-state index >= 15 is 0 Å². The molecule has 0 radical (unpaired) electrons. The molecule has 1 heterocycles. The molecule has 0 spiro atoms. The third-order valence-electron chi connectivity index (χ3n) is 3.76. The Hall–Kier alpha value is -2.45. The van der Waals surface area contributed by atoms with Crippen molar-refractivity contribution in [3.8, 4) is 0 Å². The van der Waals surface area contributed by atoms with Crippen molar-refractivity contribution in [3.63, 3.8) is 0 Å². The summed E-state index contributed by atoms with van der Waals surface area (Å²) in [6.07, 6.45) is 0. The third-order valence-corrected chi connectivity index (χ3v) is 5.37. The van der Waals surface area contributed by atoms with E-state index in [0.29, 0.717) is 21.6 Å². The number of carbonyl (C=O) groups is 1. The summed E-state index contributed by atoms with van der Waals surface area (Å²) in [5, 5.41) is 3.60. The highest BCUT2D eigenvalue weighted by atomic mass is 35.5. The van der Waals surface area contributed by atoms with Crippen LogP contribution in [0.2, 0.25) is 5.02 Å². The van der Waals surface area contributed by atoms with Crippen LogP contribution in [0.4, 0.5) is 14.5 Å². The molecule has 9 heteroatoms. The first-order chi connectivity index (χ1) is 12.2. The van der Waals surface area contributed by atoms with Crippen molar-refractivity contribution in [2.45, 2.75) is 17.6 Å². The lowest BCUT2D eigenvalue weighted by molar-refractivity contribution is 0.0998. The minimum atomic E-state index is -4.76. The molecule has 1 amide bonds. The van der Waals surface area contributed by atoms with Crippen LogP contribution in [0.3, 0.4) is 0 Å². The number of amides is 1. The van der Waals surface area contributed by atoms with E-state index in [1.807, 2.05) is 0 Å². The molecule has 136 valence electrons. The van der Waals surface area contributed by atoms with E-state index in [-0.39, 0.29) is 11.4 Å². The molecule has 0 unspecified atom stereocenters. The number of hydrogen-bond acceptors (Lipinski definition) is 4. The third kappa shape index (κ3) is 3.30. The average molecular weight is 400 g/mol. The van der Waals surface area contributed by atoms with Crippen LogP contribution in [0.5, 0.6) is 0 Å².